The summed E-state index contributed by atoms with van der Waals surface area (Å²) in [4.78, 5) is -0.0172. The van der Waals surface area contributed by atoms with Gasteiger partial charge in [0.05, 0.1) is 4.90 Å². The molecule has 2 aromatic rings. The minimum atomic E-state index is -3.71. The van der Waals surface area contributed by atoms with Crippen LogP contribution in [-0.2, 0) is 9.05 Å². The number of aromatic nitrogens is 4. The van der Waals surface area contributed by atoms with E-state index in [2.05, 4.69) is 15.5 Å². The topological polar surface area (TPSA) is 77.2 Å². The second-order valence-electron chi connectivity index (χ2n) is 2.28. The molecule has 13 heavy (non-hydrogen) atoms. The Hall–Kier alpha value is -1.21. The molecule has 0 atom stereocenters. The molecule has 6 nitrogen and oxygen atoms in total. The maximum absolute atomic E-state index is 10.9. The first-order valence-electron chi connectivity index (χ1n) is 3.20. The molecule has 0 aliphatic heterocycles. The van der Waals surface area contributed by atoms with Crippen LogP contribution >= 0.6 is 10.7 Å². The molecule has 2 heterocycles. The predicted molar refractivity (Wildman–Crippen MR) is 43.8 cm³/mol. The fourth-order valence-electron chi connectivity index (χ4n) is 0.873. The van der Waals surface area contributed by atoms with E-state index >= 15 is 0 Å². The van der Waals surface area contributed by atoms with Crippen molar-refractivity contribution in [3.8, 4) is 0 Å². The number of hydrogen-bond acceptors (Lipinski definition) is 5. The SMILES string of the molecule is O=S(=O)(Cl)c1ccn2nnnc2c1. The zero-order chi connectivity index (χ0) is 9.47. The highest BCUT2D eigenvalue weighted by atomic mass is 35.7. The third-order valence-corrected chi connectivity index (χ3v) is 2.80. The van der Waals surface area contributed by atoms with Gasteiger partial charge >= 0.3 is 0 Å². The molecule has 68 valence electrons. The number of halogens is 1. The van der Waals surface area contributed by atoms with Gasteiger partial charge in [0.15, 0.2) is 5.65 Å². The van der Waals surface area contributed by atoms with Crippen molar-refractivity contribution in [3.63, 3.8) is 0 Å². The Kier molecular flexibility index (Phi) is 1.70. The molecular weight excluding hydrogens is 216 g/mol. The predicted octanol–water partition coefficient (Wildman–Crippen LogP) is 0.0518. The highest BCUT2D eigenvalue weighted by Gasteiger charge is 2.10. The molecule has 0 aromatic carbocycles. The highest BCUT2D eigenvalue weighted by molar-refractivity contribution is 8.13. The molecule has 2 aromatic heterocycles. The van der Waals surface area contributed by atoms with Gasteiger partial charge in [-0.15, -0.1) is 5.10 Å². The van der Waals surface area contributed by atoms with Crippen molar-refractivity contribution < 1.29 is 8.42 Å². The minimum Gasteiger partial charge on any atom is -0.207 e. The van der Waals surface area contributed by atoms with Gasteiger partial charge in [0.1, 0.15) is 0 Å². The van der Waals surface area contributed by atoms with Crippen LogP contribution in [0.5, 0.6) is 0 Å². The normalized spacial score (nSPS) is 12.1. The largest absolute Gasteiger partial charge is 0.261 e. The van der Waals surface area contributed by atoms with Gasteiger partial charge in [-0.25, -0.2) is 12.9 Å². The van der Waals surface area contributed by atoms with Crippen molar-refractivity contribution in [1.82, 2.24) is 20.0 Å². The first-order chi connectivity index (χ1) is 6.07. The monoisotopic (exact) mass is 218 g/mol. The summed E-state index contributed by atoms with van der Waals surface area (Å²) in [6.45, 7) is 0. The van der Waals surface area contributed by atoms with Crippen LogP contribution in [0.1, 0.15) is 0 Å². The summed E-state index contributed by atoms with van der Waals surface area (Å²) in [6, 6.07) is 2.62. The van der Waals surface area contributed by atoms with Crippen molar-refractivity contribution in [2.75, 3.05) is 0 Å². The lowest BCUT2D eigenvalue weighted by molar-refractivity contribution is 0.609. The van der Waals surface area contributed by atoms with Gasteiger partial charge in [0.2, 0.25) is 0 Å². The fourth-order valence-corrected chi connectivity index (χ4v) is 1.63. The Morgan fingerprint density at radius 2 is 2.23 bits per heavy atom. The van der Waals surface area contributed by atoms with E-state index in [4.69, 9.17) is 10.7 Å². The first kappa shape index (κ1) is 8.39. The average molecular weight is 219 g/mol. The maximum Gasteiger partial charge on any atom is 0.261 e. The van der Waals surface area contributed by atoms with E-state index in [1.54, 1.807) is 0 Å². The maximum atomic E-state index is 10.9. The van der Waals surface area contributed by atoms with E-state index in [1.165, 1.54) is 22.8 Å². The van der Waals surface area contributed by atoms with E-state index < -0.39 is 9.05 Å². The summed E-state index contributed by atoms with van der Waals surface area (Å²) in [7, 11) is 1.41. The van der Waals surface area contributed by atoms with Gasteiger partial charge in [-0.1, -0.05) is 0 Å². The third kappa shape index (κ3) is 1.47. The van der Waals surface area contributed by atoms with Crippen molar-refractivity contribution in [2.45, 2.75) is 4.90 Å². The number of pyridine rings is 1. The quantitative estimate of drug-likeness (QED) is 0.632. The summed E-state index contributed by atoms with van der Waals surface area (Å²) >= 11 is 0. The summed E-state index contributed by atoms with van der Waals surface area (Å²) < 4.78 is 23.1. The van der Waals surface area contributed by atoms with Crippen LogP contribution in [0.3, 0.4) is 0 Å². The third-order valence-electron chi connectivity index (χ3n) is 1.45. The molecule has 2 rings (SSSR count). The number of hydrogen-bond donors (Lipinski definition) is 0. The van der Waals surface area contributed by atoms with Crippen molar-refractivity contribution in [1.29, 1.82) is 0 Å². The lowest BCUT2D eigenvalue weighted by Gasteiger charge is -1.94. The Labute approximate surface area is 77.5 Å². The lowest BCUT2D eigenvalue weighted by atomic mass is 10.5. The van der Waals surface area contributed by atoms with Crippen molar-refractivity contribution in [3.05, 3.63) is 18.3 Å². The van der Waals surface area contributed by atoms with Crippen LogP contribution in [-0.4, -0.2) is 28.5 Å². The number of tetrazole rings is 1. The molecular formula is C5H3ClN4O2S. The molecule has 0 amide bonds. The summed E-state index contributed by atoms with van der Waals surface area (Å²) in [5.41, 5.74) is 0.335. The number of nitrogens with zero attached hydrogens (tertiary/aromatic N) is 4. The van der Waals surface area contributed by atoms with Gasteiger partial charge in [0.25, 0.3) is 9.05 Å². The van der Waals surface area contributed by atoms with Crippen LogP contribution < -0.4 is 0 Å². The summed E-state index contributed by atoms with van der Waals surface area (Å²) in [6.07, 6.45) is 1.42. The molecule has 0 saturated heterocycles. The fraction of sp³-hybridized carbons (Fsp3) is 0. The van der Waals surface area contributed by atoms with Crippen molar-refractivity contribution in [2.24, 2.45) is 0 Å². The van der Waals surface area contributed by atoms with E-state index in [1.807, 2.05) is 0 Å². The zero-order valence-electron chi connectivity index (χ0n) is 6.12. The molecule has 0 unspecified atom stereocenters. The Bertz CT molecular complexity index is 548. The van der Waals surface area contributed by atoms with Crippen LogP contribution in [0.4, 0.5) is 0 Å². The van der Waals surface area contributed by atoms with Gasteiger partial charge in [-0.2, -0.15) is 0 Å². The van der Waals surface area contributed by atoms with Gasteiger partial charge < -0.3 is 0 Å². The van der Waals surface area contributed by atoms with E-state index in [0.717, 1.165) is 0 Å². The van der Waals surface area contributed by atoms with Crippen LogP contribution in [0.2, 0.25) is 0 Å². The highest BCUT2D eigenvalue weighted by Crippen LogP contribution is 2.14. The van der Waals surface area contributed by atoms with Gasteiger partial charge in [-0.05, 0) is 16.5 Å². The number of rotatable bonds is 1. The van der Waals surface area contributed by atoms with E-state index in [9.17, 15) is 8.42 Å². The second kappa shape index (κ2) is 2.64. The molecule has 0 fully saturated rings. The Morgan fingerprint density at radius 3 is 2.92 bits per heavy atom. The van der Waals surface area contributed by atoms with Crippen LogP contribution in [0, 0.1) is 0 Å². The van der Waals surface area contributed by atoms with Crippen molar-refractivity contribution >= 4 is 25.4 Å². The Balaban J connectivity index is 2.75. The van der Waals surface area contributed by atoms with E-state index in [0.29, 0.717) is 5.65 Å². The summed E-state index contributed by atoms with van der Waals surface area (Å²) in [5, 5.41) is 10.5. The molecule has 0 aliphatic rings. The molecule has 0 spiro atoms. The van der Waals surface area contributed by atoms with Gasteiger partial charge in [-0.3, -0.25) is 0 Å². The molecule has 8 heteroatoms. The molecule has 0 bridgehead atoms. The standard InChI is InChI=1S/C5H3ClN4O2S/c6-13(11,12)4-1-2-10-5(3-4)7-8-9-10/h1-3H. The lowest BCUT2D eigenvalue weighted by Crippen LogP contribution is -1.93. The summed E-state index contributed by atoms with van der Waals surface area (Å²) in [5.74, 6) is 0. The minimum absolute atomic E-state index is 0.0172. The zero-order valence-corrected chi connectivity index (χ0v) is 7.70. The van der Waals surface area contributed by atoms with Crippen LogP contribution in [0.15, 0.2) is 23.2 Å². The van der Waals surface area contributed by atoms with Crippen LogP contribution in [0.25, 0.3) is 5.65 Å². The first-order valence-corrected chi connectivity index (χ1v) is 5.51. The molecule has 0 radical (unpaired) electrons. The molecule has 0 aliphatic carbocycles. The number of fused-ring (bicyclic) bond motifs is 1. The van der Waals surface area contributed by atoms with Gasteiger partial charge in [0, 0.05) is 22.9 Å². The molecule has 0 saturated carbocycles. The smallest absolute Gasteiger partial charge is 0.207 e. The Morgan fingerprint density at radius 1 is 1.46 bits per heavy atom. The average Bonchev–Trinajstić information content (AvgIpc) is 2.47. The second-order valence-corrected chi connectivity index (χ2v) is 4.85. The van der Waals surface area contributed by atoms with E-state index in [-0.39, 0.29) is 4.90 Å². The molecule has 0 N–H and O–H groups in total.